The van der Waals surface area contributed by atoms with Crippen molar-refractivity contribution in [2.24, 2.45) is 0 Å². The van der Waals surface area contributed by atoms with E-state index in [0.29, 0.717) is 19.0 Å². The Labute approximate surface area is 176 Å². The van der Waals surface area contributed by atoms with Gasteiger partial charge in [0.1, 0.15) is 0 Å². The Kier molecular flexibility index (Phi) is 5.76. The zero-order valence-corrected chi connectivity index (χ0v) is 17.6. The van der Waals surface area contributed by atoms with Gasteiger partial charge in [-0.3, -0.25) is 19.7 Å². The number of piperidine rings is 1. The van der Waals surface area contributed by atoms with Gasteiger partial charge in [-0.05, 0) is 56.0 Å². The number of rotatable bonds is 4. The summed E-state index contributed by atoms with van der Waals surface area (Å²) in [7, 11) is 3.58. The number of carboxylic acid groups (broad SMARTS) is 1. The number of nitrogens with zero attached hydrogens (tertiary/aromatic N) is 4. The van der Waals surface area contributed by atoms with Crippen LogP contribution in [0, 0.1) is 0 Å². The van der Waals surface area contributed by atoms with E-state index < -0.39 is 6.09 Å². The molecule has 1 aromatic carbocycles. The Balaban J connectivity index is 1.55. The monoisotopic (exact) mass is 411 g/mol. The lowest BCUT2D eigenvalue weighted by molar-refractivity contribution is -0.130. The number of aromatic amines is 1. The van der Waals surface area contributed by atoms with Crippen molar-refractivity contribution in [3.63, 3.8) is 0 Å². The number of carbonyl (C=O) groups is 2. The second kappa shape index (κ2) is 8.47. The Hall–Kier alpha value is -2.87. The SMILES string of the molecule is CN(C)C(=O)CN1CCC(c2n[nH]cc2-c2cccc3c2CCCN3C(=O)O)CC1. The molecule has 2 aromatic rings. The van der Waals surface area contributed by atoms with Crippen molar-refractivity contribution in [3.05, 3.63) is 35.7 Å². The van der Waals surface area contributed by atoms with Gasteiger partial charge in [-0.25, -0.2) is 4.79 Å². The van der Waals surface area contributed by atoms with Crippen molar-refractivity contribution in [2.75, 3.05) is 45.2 Å². The van der Waals surface area contributed by atoms with Crippen LogP contribution in [0.4, 0.5) is 10.5 Å². The van der Waals surface area contributed by atoms with E-state index in [1.165, 1.54) is 4.90 Å². The highest BCUT2D eigenvalue weighted by Crippen LogP contribution is 2.39. The molecule has 3 heterocycles. The molecule has 4 rings (SSSR count). The molecule has 8 nitrogen and oxygen atoms in total. The van der Waals surface area contributed by atoms with Gasteiger partial charge >= 0.3 is 6.09 Å². The zero-order valence-electron chi connectivity index (χ0n) is 17.6. The molecule has 0 saturated carbocycles. The molecule has 0 atom stereocenters. The number of hydrogen-bond donors (Lipinski definition) is 2. The molecule has 2 N–H and O–H groups in total. The number of amides is 2. The van der Waals surface area contributed by atoms with Crippen LogP contribution < -0.4 is 4.90 Å². The van der Waals surface area contributed by atoms with Gasteiger partial charge in [0.2, 0.25) is 5.91 Å². The molecule has 0 aliphatic carbocycles. The summed E-state index contributed by atoms with van der Waals surface area (Å²) in [6.45, 7) is 2.74. The van der Waals surface area contributed by atoms with Gasteiger partial charge in [0.15, 0.2) is 0 Å². The van der Waals surface area contributed by atoms with E-state index in [1.807, 2.05) is 18.3 Å². The first-order valence-corrected chi connectivity index (χ1v) is 10.5. The van der Waals surface area contributed by atoms with Crippen LogP contribution in [0.5, 0.6) is 0 Å². The van der Waals surface area contributed by atoms with Gasteiger partial charge in [0.05, 0.1) is 17.9 Å². The molecule has 0 unspecified atom stereocenters. The van der Waals surface area contributed by atoms with Gasteiger partial charge in [-0.15, -0.1) is 0 Å². The first-order chi connectivity index (χ1) is 14.5. The fourth-order valence-electron chi connectivity index (χ4n) is 4.60. The summed E-state index contributed by atoms with van der Waals surface area (Å²) in [5.74, 6) is 0.458. The minimum Gasteiger partial charge on any atom is -0.465 e. The average molecular weight is 412 g/mol. The molecular formula is C22H29N5O3. The fourth-order valence-corrected chi connectivity index (χ4v) is 4.60. The Morgan fingerprint density at radius 3 is 2.67 bits per heavy atom. The predicted octanol–water partition coefficient (Wildman–Crippen LogP) is 2.77. The molecule has 30 heavy (non-hydrogen) atoms. The second-order valence-corrected chi connectivity index (χ2v) is 8.36. The molecular weight excluding hydrogens is 382 g/mol. The van der Waals surface area contributed by atoms with Gasteiger partial charge in [0.25, 0.3) is 0 Å². The van der Waals surface area contributed by atoms with Crippen LogP contribution >= 0.6 is 0 Å². The number of likely N-dealkylation sites (tertiary alicyclic amines) is 1. The highest BCUT2D eigenvalue weighted by molar-refractivity contribution is 5.90. The van der Waals surface area contributed by atoms with E-state index in [9.17, 15) is 14.7 Å². The maximum absolute atomic E-state index is 12.0. The van der Waals surface area contributed by atoms with Crippen LogP contribution in [0.2, 0.25) is 0 Å². The van der Waals surface area contributed by atoms with Crippen LogP contribution in [0.25, 0.3) is 11.1 Å². The number of nitrogens with one attached hydrogen (secondary N) is 1. The number of H-pyrrole nitrogens is 1. The molecule has 2 aliphatic heterocycles. The van der Waals surface area contributed by atoms with Crippen molar-refractivity contribution in [3.8, 4) is 11.1 Å². The third kappa shape index (κ3) is 3.92. The molecule has 0 spiro atoms. The summed E-state index contributed by atoms with van der Waals surface area (Å²) < 4.78 is 0. The number of benzene rings is 1. The largest absolute Gasteiger partial charge is 0.465 e. The standard InChI is InChI=1S/C22H29N5O3/c1-25(2)20(28)14-26-11-8-15(9-12-26)21-18(13-23-24-21)16-5-3-7-19-17(16)6-4-10-27(19)22(29)30/h3,5,7,13,15H,4,6,8-12,14H2,1-2H3,(H,23,24)(H,29,30). The van der Waals surface area contributed by atoms with Crippen LogP contribution in [-0.4, -0.2) is 77.4 Å². The van der Waals surface area contributed by atoms with E-state index in [2.05, 4.69) is 21.2 Å². The van der Waals surface area contributed by atoms with Gasteiger partial charge in [0, 0.05) is 38.3 Å². The van der Waals surface area contributed by atoms with Gasteiger partial charge < -0.3 is 10.0 Å². The molecule has 0 bridgehead atoms. The third-order valence-electron chi connectivity index (χ3n) is 6.27. The fraction of sp³-hybridized carbons (Fsp3) is 0.500. The highest BCUT2D eigenvalue weighted by atomic mass is 16.4. The Morgan fingerprint density at radius 1 is 1.20 bits per heavy atom. The maximum Gasteiger partial charge on any atom is 0.411 e. The summed E-state index contributed by atoms with van der Waals surface area (Å²) in [6.07, 6.45) is 4.63. The van der Waals surface area contributed by atoms with E-state index in [1.54, 1.807) is 19.0 Å². The second-order valence-electron chi connectivity index (χ2n) is 8.36. The molecule has 1 fully saturated rings. The van der Waals surface area contributed by atoms with Crippen LogP contribution in [0.15, 0.2) is 24.4 Å². The van der Waals surface area contributed by atoms with Crippen molar-refractivity contribution in [1.29, 1.82) is 0 Å². The minimum atomic E-state index is -0.903. The number of anilines is 1. The van der Waals surface area contributed by atoms with Gasteiger partial charge in [-0.1, -0.05) is 12.1 Å². The van der Waals surface area contributed by atoms with Crippen molar-refractivity contribution >= 4 is 17.7 Å². The quantitative estimate of drug-likeness (QED) is 0.807. The zero-order chi connectivity index (χ0) is 21.3. The Morgan fingerprint density at radius 2 is 1.97 bits per heavy atom. The topological polar surface area (TPSA) is 92.8 Å². The summed E-state index contributed by atoms with van der Waals surface area (Å²) >= 11 is 0. The molecule has 160 valence electrons. The Bertz CT molecular complexity index is 931. The predicted molar refractivity (Wildman–Crippen MR) is 115 cm³/mol. The van der Waals surface area contributed by atoms with E-state index >= 15 is 0 Å². The lowest BCUT2D eigenvalue weighted by Gasteiger charge is -2.32. The average Bonchev–Trinajstić information content (AvgIpc) is 3.22. The van der Waals surface area contributed by atoms with E-state index in [-0.39, 0.29) is 5.91 Å². The van der Waals surface area contributed by atoms with Crippen molar-refractivity contribution in [1.82, 2.24) is 20.0 Å². The number of carbonyl (C=O) groups excluding carboxylic acids is 1. The van der Waals surface area contributed by atoms with Crippen molar-refractivity contribution < 1.29 is 14.7 Å². The van der Waals surface area contributed by atoms with Crippen LogP contribution in [0.3, 0.4) is 0 Å². The first-order valence-electron chi connectivity index (χ1n) is 10.5. The number of hydrogen-bond acceptors (Lipinski definition) is 4. The minimum absolute atomic E-state index is 0.132. The summed E-state index contributed by atoms with van der Waals surface area (Å²) in [5, 5.41) is 17.2. The third-order valence-corrected chi connectivity index (χ3v) is 6.27. The molecule has 2 amide bonds. The normalized spacial score (nSPS) is 17.6. The van der Waals surface area contributed by atoms with E-state index in [0.717, 1.165) is 66.8 Å². The van der Waals surface area contributed by atoms with Gasteiger partial charge in [-0.2, -0.15) is 5.10 Å². The summed E-state index contributed by atoms with van der Waals surface area (Å²) in [5.41, 5.74) is 5.07. The van der Waals surface area contributed by atoms with Crippen LogP contribution in [0.1, 0.15) is 36.4 Å². The maximum atomic E-state index is 12.0. The highest BCUT2D eigenvalue weighted by Gasteiger charge is 2.29. The van der Waals surface area contributed by atoms with E-state index in [4.69, 9.17) is 0 Å². The lowest BCUT2D eigenvalue weighted by atomic mass is 9.86. The summed E-state index contributed by atoms with van der Waals surface area (Å²) in [4.78, 5) is 28.9. The molecule has 0 radical (unpaired) electrons. The number of aromatic nitrogens is 2. The molecule has 1 saturated heterocycles. The molecule has 1 aromatic heterocycles. The number of likely N-dealkylation sites (N-methyl/N-ethyl adjacent to an activating group) is 1. The summed E-state index contributed by atoms with van der Waals surface area (Å²) in [6, 6.07) is 5.90. The number of fused-ring (bicyclic) bond motifs is 1. The smallest absolute Gasteiger partial charge is 0.411 e. The molecule has 2 aliphatic rings. The first kappa shape index (κ1) is 20.4. The molecule has 8 heteroatoms. The van der Waals surface area contributed by atoms with Crippen LogP contribution in [-0.2, 0) is 11.2 Å². The lowest BCUT2D eigenvalue weighted by Crippen LogP contribution is -2.40. The van der Waals surface area contributed by atoms with Crippen molar-refractivity contribution in [2.45, 2.75) is 31.6 Å².